The number of halogens is 3. The molecule has 0 saturated heterocycles. The Hall–Kier alpha value is -3.86. The van der Waals surface area contributed by atoms with Gasteiger partial charge in [0.25, 0.3) is 0 Å². The van der Waals surface area contributed by atoms with Crippen LogP contribution >= 0.6 is 0 Å². The van der Waals surface area contributed by atoms with E-state index in [2.05, 4.69) is 16.8 Å². The average Bonchev–Trinajstić information content (AvgIpc) is 3.20. The Kier molecular flexibility index (Phi) is 8.70. The maximum atomic E-state index is 12.4. The fraction of sp³-hybridized carbons (Fsp3) is 0.320. The van der Waals surface area contributed by atoms with E-state index >= 15 is 0 Å². The Labute approximate surface area is 206 Å². The van der Waals surface area contributed by atoms with Crippen LogP contribution in [0.15, 0.2) is 59.7 Å². The normalized spacial score (nSPS) is 13.4. The number of rotatable bonds is 6. The number of carbonyl (C=O) groups excluding carboxylic acids is 1. The minimum atomic E-state index is -4.37. The molecule has 0 unspecified atom stereocenters. The molecular weight excluding hydrogens is 477 g/mol. The highest BCUT2D eigenvalue weighted by molar-refractivity contribution is 5.84. The van der Waals surface area contributed by atoms with Crippen LogP contribution in [0.1, 0.15) is 28.5 Å². The minimum absolute atomic E-state index is 0.00181. The van der Waals surface area contributed by atoms with E-state index in [1.807, 2.05) is 29.2 Å². The zero-order chi connectivity index (χ0) is 26.3. The highest BCUT2D eigenvalue weighted by Gasteiger charge is 2.32. The molecule has 4 rings (SSSR count). The molecule has 1 aliphatic rings. The number of aliphatic hydroxyl groups excluding tert-OH is 1. The van der Waals surface area contributed by atoms with Gasteiger partial charge in [0.1, 0.15) is 18.9 Å². The zero-order valence-corrected chi connectivity index (χ0v) is 20.0. The number of alkyl halides is 3. The Morgan fingerprint density at radius 3 is 2.56 bits per heavy atom. The van der Waals surface area contributed by atoms with Crippen molar-refractivity contribution in [2.45, 2.75) is 33.1 Å². The third-order valence-electron chi connectivity index (χ3n) is 5.31. The summed E-state index contributed by atoms with van der Waals surface area (Å²) in [4.78, 5) is 16.0. The van der Waals surface area contributed by atoms with Crippen LogP contribution in [-0.2, 0) is 24.1 Å². The summed E-state index contributed by atoms with van der Waals surface area (Å²) in [6.45, 7) is 7.76. The van der Waals surface area contributed by atoms with Gasteiger partial charge in [0.15, 0.2) is 0 Å². The molecule has 1 aliphatic heterocycles. The van der Waals surface area contributed by atoms with Crippen molar-refractivity contribution >= 4 is 11.6 Å². The van der Waals surface area contributed by atoms with E-state index in [9.17, 15) is 18.0 Å². The molecule has 8 nitrogen and oxygen atoms in total. The molecule has 36 heavy (non-hydrogen) atoms. The summed E-state index contributed by atoms with van der Waals surface area (Å²) < 4.78 is 47.6. The second kappa shape index (κ2) is 11.7. The number of aromatic nitrogens is 2. The van der Waals surface area contributed by atoms with E-state index in [0.717, 1.165) is 17.3 Å². The second-order valence-electron chi connectivity index (χ2n) is 7.95. The standard InChI is InChI=1S/C15H16N4O2.C10H11F3O2/c1-3-18-10-15(20)19(9-14-17-16-11(2)21-14)8-12-6-4-5-7-13(12)18;1-7-2-3-8(15-5-4-14)6-9(7)10(11,12)13/h3-7H,1,8-10H2,2H3;2-3,6,14H,4-5H2,1H3. The van der Waals surface area contributed by atoms with E-state index in [1.54, 1.807) is 18.0 Å². The summed E-state index contributed by atoms with van der Waals surface area (Å²) in [5.41, 5.74) is 1.52. The van der Waals surface area contributed by atoms with E-state index in [1.165, 1.54) is 19.1 Å². The molecule has 2 heterocycles. The number of aliphatic hydroxyl groups is 1. The van der Waals surface area contributed by atoms with Crippen LogP contribution in [0.4, 0.5) is 18.9 Å². The van der Waals surface area contributed by atoms with Crippen molar-refractivity contribution in [3.8, 4) is 5.75 Å². The minimum Gasteiger partial charge on any atom is -0.491 e. The fourth-order valence-electron chi connectivity index (χ4n) is 3.58. The summed E-state index contributed by atoms with van der Waals surface area (Å²) in [5.74, 6) is 1.06. The third-order valence-corrected chi connectivity index (χ3v) is 5.31. The van der Waals surface area contributed by atoms with Gasteiger partial charge >= 0.3 is 6.18 Å². The van der Waals surface area contributed by atoms with Crippen molar-refractivity contribution in [3.63, 3.8) is 0 Å². The third kappa shape index (κ3) is 6.85. The van der Waals surface area contributed by atoms with Crippen molar-refractivity contribution in [3.05, 3.63) is 83.7 Å². The molecule has 3 aromatic rings. The smallest absolute Gasteiger partial charge is 0.416 e. The van der Waals surface area contributed by atoms with Crippen molar-refractivity contribution < 1.29 is 32.2 Å². The first-order valence-electron chi connectivity index (χ1n) is 11.1. The van der Waals surface area contributed by atoms with Gasteiger partial charge in [-0.2, -0.15) is 13.2 Å². The van der Waals surface area contributed by atoms with E-state index in [-0.39, 0.29) is 37.0 Å². The maximum Gasteiger partial charge on any atom is 0.416 e. The number of hydrogen-bond donors (Lipinski definition) is 1. The van der Waals surface area contributed by atoms with Gasteiger partial charge in [-0.1, -0.05) is 30.8 Å². The topological polar surface area (TPSA) is 91.9 Å². The van der Waals surface area contributed by atoms with Gasteiger partial charge in [-0.15, -0.1) is 10.2 Å². The zero-order valence-electron chi connectivity index (χ0n) is 20.0. The number of para-hydroxylation sites is 1. The Morgan fingerprint density at radius 1 is 1.17 bits per heavy atom. The molecule has 1 N–H and O–H groups in total. The quantitative estimate of drug-likeness (QED) is 0.537. The Balaban J connectivity index is 0.000000214. The monoisotopic (exact) mass is 504 g/mol. The lowest BCUT2D eigenvalue weighted by Crippen LogP contribution is -2.34. The number of carbonyl (C=O) groups is 1. The molecule has 0 atom stereocenters. The molecule has 0 aliphatic carbocycles. The van der Waals surface area contributed by atoms with Crippen LogP contribution in [0.3, 0.4) is 0 Å². The van der Waals surface area contributed by atoms with Crippen molar-refractivity contribution in [1.82, 2.24) is 15.1 Å². The van der Waals surface area contributed by atoms with Gasteiger partial charge in [-0.05, 0) is 42.4 Å². The first kappa shape index (κ1) is 26.7. The summed E-state index contributed by atoms with van der Waals surface area (Å²) in [6, 6.07) is 11.6. The lowest BCUT2D eigenvalue weighted by atomic mass is 10.1. The summed E-state index contributed by atoms with van der Waals surface area (Å²) in [7, 11) is 0. The molecule has 0 bridgehead atoms. The largest absolute Gasteiger partial charge is 0.491 e. The number of hydrogen-bond acceptors (Lipinski definition) is 7. The van der Waals surface area contributed by atoms with Gasteiger partial charge in [0, 0.05) is 19.2 Å². The molecule has 0 saturated carbocycles. The van der Waals surface area contributed by atoms with E-state index in [4.69, 9.17) is 14.3 Å². The van der Waals surface area contributed by atoms with Crippen LogP contribution in [0, 0.1) is 13.8 Å². The van der Waals surface area contributed by atoms with Gasteiger partial charge in [-0.3, -0.25) is 4.79 Å². The van der Waals surface area contributed by atoms with Crippen LogP contribution in [0.2, 0.25) is 0 Å². The number of aryl methyl sites for hydroxylation is 2. The first-order chi connectivity index (χ1) is 17.1. The van der Waals surface area contributed by atoms with Gasteiger partial charge in [-0.25, -0.2) is 0 Å². The highest BCUT2D eigenvalue weighted by atomic mass is 19.4. The predicted octanol–water partition coefficient (Wildman–Crippen LogP) is 4.26. The maximum absolute atomic E-state index is 12.4. The number of anilines is 1. The molecule has 0 spiro atoms. The lowest BCUT2D eigenvalue weighted by Gasteiger charge is -2.19. The number of nitrogens with zero attached hydrogens (tertiary/aromatic N) is 4. The molecule has 0 radical (unpaired) electrons. The van der Waals surface area contributed by atoms with Crippen molar-refractivity contribution in [2.75, 3.05) is 24.7 Å². The fourth-order valence-corrected chi connectivity index (χ4v) is 3.58. The molecule has 192 valence electrons. The predicted molar refractivity (Wildman–Crippen MR) is 126 cm³/mol. The Morgan fingerprint density at radius 2 is 1.92 bits per heavy atom. The average molecular weight is 505 g/mol. The highest BCUT2D eigenvalue weighted by Crippen LogP contribution is 2.34. The van der Waals surface area contributed by atoms with Gasteiger partial charge in [0.2, 0.25) is 17.7 Å². The van der Waals surface area contributed by atoms with Gasteiger partial charge in [0.05, 0.1) is 18.7 Å². The first-order valence-corrected chi connectivity index (χ1v) is 11.1. The number of amides is 1. The number of ether oxygens (including phenoxy) is 1. The van der Waals surface area contributed by atoms with Crippen LogP contribution in [-0.4, -0.2) is 45.9 Å². The summed E-state index contributed by atoms with van der Waals surface area (Å²) in [5, 5.41) is 16.2. The van der Waals surface area contributed by atoms with Crippen LogP contribution in [0.25, 0.3) is 0 Å². The van der Waals surface area contributed by atoms with Crippen LogP contribution < -0.4 is 9.64 Å². The molecular formula is C25H27F3N4O4. The van der Waals surface area contributed by atoms with E-state index < -0.39 is 11.7 Å². The summed E-state index contributed by atoms with van der Waals surface area (Å²) >= 11 is 0. The van der Waals surface area contributed by atoms with Crippen molar-refractivity contribution in [1.29, 1.82) is 0 Å². The number of benzene rings is 2. The SMILES string of the molecule is C=CN1CC(=O)N(Cc2nnc(C)o2)Cc2ccccc21.Cc1ccc(OCCO)cc1C(F)(F)F. The van der Waals surface area contributed by atoms with Crippen molar-refractivity contribution in [2.24, 2.45) is 0 Å². The summed E-state index contributed by atoms with van der Waals surface area (Å²) in [6.07, 6.45) is -2.69. The molecule has 1 aromatic heterocycles. The van der Waals surface area contributed by atoms with E-state index in [0.29, 0.717) is 24.9 Å². The second-order valence-corrected chi connectivity index (χ2v) is 7.95. The molecule has 2 aromatic carbocycles. The van der Waals surface area contributed by atoms with Gasteiger partial charge < -0.3 is 24.1 Å². The Bertz CT molecular complexity index is 1200. The molecule has 11 heteroatoms. The van der Waals surface area contributed by atoms with Crippen LogP contribution in [0.5, 0.6) is 5.75 Å². The molecule has 0 fully saturated rings. The lowest BCUT2D eigenvalue weighted by molar-refractivity contribution is -0.138. The molecule has 1 amide bonds. The number of fused-ring (bicyclic) bond motifs is 1.